The second-order valence-electron chi connectivity index (χ2n) is 6.13. The maximum absolute atomic E-state index is 6.20. The zero-order valence-electron chi connectivity index (χ0n) is 15.3. The molecular weight excluding hydrogens is 458 g/mol. The first-order valence-electron chi connectivity index (χ1n) is 8.73. The average molecular weight is 475 g/mol. The van der Waals surface area contributed by atoms with Crippen molar-refractivity contribution in [2.45, 2.75) is 13.3 Å². The van der Waals surface area contributed by atoms with Crippen molar-refractivity contribution in [1.82, 2.24) is 9.97 Å². The molecule has 0 aliphatic carbocycles. The largest absolute Gasteiger partial charge is 0.495 e. The molecule has 0 bridgehead atoms. The van der Waals surface area contributed by atoms with Gasteiger partial charge in [-0.25, -0.2) is 9.97 Å². The van der Waals surface area contributed by atoms with Gasteiger partial charge in [-0.15, -0.1) is 11.3 Å². The summed E-state index contributed by atoms with van der Waals surface area (Å²) in [6.07, 6.45) is 2.51. The van der Waals surface area contributed by atoms with Gasteiger partial charge in [0.1, 0.15) is 22.7 Å². The second-order valence-corrected chi connectivity index (χ2v) is 8.57. The van der Waals surface area contributed by atoms with E-state index in [1.807, 2.05) is 12.1 Å². The van der Waals surface area contributed by atoms with Gasteiger partial charge in [0.2, 0.25) is 0 Å². The molecule has 0 saturated heterocycles. The molecule has 4 nitrogen and oxygen atoms in total. The van der Waals surface area contributed by atoms with Crippen LogP contribution in [0.1, 0.15) is 11.8 Å². The monoisotopic (exact) mass is 473 g/mol. The van der Waals surface area contributed by atoms with E-state index in [4.69, 9.17) is 16.3 Å². The third-order valence-electron chi connectivity index (χ3n) is 4.43. The summed E-state index contributed by atoms with van der Waals surface area (Å²) in [4.78, 5) is 11.3. The molecule has 0 aliphatic rings. The van der Waals surface area contributed by atoms with Gasteiger partial charge >= 0.3 is 0 Å². The number of hydrogen-bond donors (Lipinski definition) is 1. The van der Waals surface area contributed by atoms with Crippen molar-refractivity contribution in [3.8, 4) is 16.9 Å². The summed E-state index contributed by atoms with van der Waals surface area (Å²) in [6, 6.07) is 13.8. The van der Waals surface area contributed by atoms with Crippen molar-refractivity contribution in [3.05, 3.63) is 63.2 Å². The number of anilines is 2. The van der Waals surface area contributed by atoms with Crippen molar-refractivity contribution >= 4 is 60.6 Å². The zero-order valence-corrected chi connectivity index (χ0v) is 18.5. The van der Waals surface area contributed by atoms with Crippen molar-refractivity contribution in [2.75, 3.05) is 12.4 Å². The van der Waals surface area contributed by atoms with Gasteiger partial charge in [-0.05, 0) is 42.3 Å². The standard InChI is InChI=1S/C21H17BrClN3OS/c1-3-17-18(12-4-6-13(22)7-5-12)19-20(24-11-25-21(19)28-17)26-15-10-14(23)8-9-16(15)27-2/h4-11H,3H2,1-2H3,(H,24,25,26). The molecule has 0 atom stereocenters. The molecule has 4 aromatic rings. The van der Waals surface area contributed by atoms with Gasteiger partial charge in [-0.1, -0.05) is 46.6 Å². The molecule has 28 heavy (non-hydrogen) atoms. The molecule has 0 fully saturated rings. The van der Waals surface area contributed by atoms with Crippen molar-refractivity contribution in [3.63, 3.8) is 0 Å². The number of aromatic nitrogens is 2. The van der Waals surface area contributed by atoms with Crippen LogP contribution in [0.5, 0.6) is 5.75 Å². The quantitative estimate of drug-likeness (QED) is 0.335. The smallest absolute Gasteiger partial charge is 0.143 e. The number of halogens is 2. The third kappa shape index (κ3) is 3.60. The molecule has 7 heteroatoms. The maximum Gasteiger partial charge on any atom is 0.143 e. The van der Waals surface area contributed by atoms with Gasteiger partial charge in [0.05, 0.1) is 18.2 Å². The van der Waals surface area contributed by atoms with Crippen LogP contribution in [0.4, 0.5) is 11.5 Å². The van der Waals surface area contributed by atoms with Crippen molar-refractivity contribution in [2.24, 2.45) is 0 Å². The molecule has 2 aromatic carbocycles. The molecule has 0 radical (unpaired) electrons. The van der Waals surface area contributed by atoms with Crippen LogP contribution in [0.2, 0.25) is 5.02 Å². The van der Waals surface area contributed by atoms with Gasteiger partial charge in [0, 0.05) is 19.9 Å². The number of thiophene rings is 1. The van der Waals surface area contributed by atoms with E-state index < -0.39 is 0 Å². The van der Waals surface area contributed by atoms with Crippen LogP contribution >= 0.6 is 38.9 Å². The van der Waals surface area contributed by atoms with E-state index in [1.165, 1.54) is 10.4 Å². The first-order chi connectivity index (χ1) is 13.6. The van der Waals surface area contributed by atoms with Gasteiger partial charge in [0.25, 0.3) is 0 Å². The van der Waals surface area contributed by atoms with E-state index in [9.17, 15) is 0 Å². The van der Waals surface area contributed by atoms with Crippen LogP contribution in [-0.4, -0.2) is 17.1 Å². The SMILES string of the molecule is CCc1sc2ncnc(Nc3cc(Cl)ccc3OC)c2c1-c1ccc(Br)cc1. The molecule has 142 valence electrons. The third-order valence-corrected chi connectivity index (χ3v) is 6.44. The summed E-state index contributed by atoms with van der Waals surface area (Å²) in [6.45, 7) is 2.16. The Balaban J connectivity index is 1.92. The second kappa shape index (κ2) is 8.07. The molecule has 2 aromatic heterocycles. The van der Waals surface area contributed by atoms with Crippen LogP contribution in [0.15, 0.2) is 53.3 Å². The maximum atomic E-state index is 6.20. The summed E-state index contributed by atoms with van der Waals surface area (Å²) in [7, 11) is 1.64. The number of ether oxygens (including phenoxy) is 1. The highest BCUT2D eigenvalue weighted by molar-refractivity contribution is 9.10. The molecular formula is C21H17BrClN3OS. The first kappa shape index (κ1) is 19.2. The number of aryl methyl sites for hydroxylation is 1. The Bertz CT molecular complexity index is 1140. The van der Waals surface area contributed by atoms with E-state index in [1.54, 1.807) is 30.8 Å². The normalized spacial score (nSPS) is 11.0. The fourth-order valence-electron chi connectivity index (χ4n) is 3.15. The number of rotatable bonds is 5. The first-order valence-corrected chi connectivity index (χ1v) is 10.7. The number of fused-ring (bicyclic) bond motifs is 1. The van der Waals surface area contributed by atoms with E-state index in [2.05, 4.69) is 62.4 Å². The van der Waals surface area contributed by atoms with Crippen LogP contribution < -0.4 is 10.1 Å². The Morgan fingerprint density at radius 2 is 1.93 bits per heavy atom. The Morgan fingerprint density at radius 1 is 1.14 bits per heavy atom. The summed E-state index contributed by atoms with van der Waals surface area (Å²) in [5.41, 5.74) is 3.07. The molecule has 1 N–H and O–H groups in total. The fourth-order valence-corrected chi connectivity index (χ4v) is 4.69. The Hall–Kier alpha value is -2.15. The minimum atomic E-state index is 0.626. The summed E-state index contributed by atoms with van der Waals surface area (Å²) in [5.74, 6) is 1.44. The minimum Gasteiger partial charge on any atom is -0.495 e. The van der Waals surface area contributed by atoms with Crippen molar-refractivity contribution < 1.29 is 4.74 Å². The molecule has 0 amide bonds. The summed E-state index contributed by atoms with van der Waals surface area (Å²) < 4.78 is 6.52. The van der Waals surface area contributed by atoms with Gasteiger partial charge < -0.3 is 10.1 Å². The van der Waals surface area contributed by atoms with Gasteiger partial charge in [0.15, 0.2) is 0 Å². The lowest BCUT2D eigenvalue weighted by Crippen LogP contribution is -1.98. The Morgan fingerprint density at radius 3 is 2.64 bits per heavy atom. The predicted octanol–water partition coefficient (Wildman–Crippen LogP) is 7.09. The lowest BCUT2D eigenvalue weighted by Gasteiger charge is -2.13. The lowest BCUT2D eigenvalue weighted by molar-refractivity contribution is 0.417. The molecule has 2 heterocycles. The average Bonchev–Trinajstić information content (AvgIpc) is 3.08. The van der Waals surface area contributed by atoms with E-state index in [0.717, 1.165) is 38.2 Å². The lowest BCUT2D eigenvalue weighted by atomic mass is 10.0. The highest BCUT2D eigenvalue weighted by Gasteiger charge is 2.19. The molecule has 0 spiro atoms. The van der Waals surface area contributed by atoms with Crippen LogP contribution in [-0.2, 0) is 6.42 Å². The Labute approximate surface area is 180 Å². The van der Waals surface area contributed by atoms with Crippen LogP contribution in [0.25, 0.3) is 21.3 Å². The highest BCUT2D eigenvalue weighted by Crippen LogP contribution is 2.42. The van der Waals surface area contributed by atoms with Crippen LogP contribution in [0, 0.1) is 0 Å². The number of nitrogens with one attached hydrogen (secondary N) is 1. The molecule has 0 unspecified atom stereocenters. The number of benzene rings is 2. The molecule has 0 aliphatic heterocycles. The van der Waals surface area contributed by atoms with E-state index in [-0.39, 0.29) is 0 Å². The van der Waals surface area contributed by atoms with Gasteiger partial charge in [-0.3, -0.25) is 0 Å². The number of methoxy groups -OCH3 is 1. The Kier molecular flexibility index (Phi) is 5.53. The van der Waals surface area contributed by atoms with Gasteiger partial charge in [-0.2, -0.15) is 0 Å². The summed E-state index contributed by atoms with van der Waals surface area (Å²) in [5, 5.41) is 5.04. The minimum absolute atomic E-state index is 0.626. The van der Waals surface area contributed by atoms with E-state index in [0.29, 0.717) is 10.8 Å². The number of hydrogen-bond acceptors (Lipinski definition) is 5. The van der Waals surface area contributed by atoms with Crippen LogP contribution in [0.3, 0.4) is 0 Å². The number of nitrogens with zero attached hydrogens (tertiary/aromatic N) is 2. The molecule has 4 rings (SSSR count). The highest BCUT2D eigenvalue weighted by atomic mass is 79.9. The topological polar surface area (TPSA) is 47.0 Å². The zero-order chi connectivity index (χ0) is 19.7. The fraction of sp³-hybridized carbons (Fsp3) is 0.143. The predicted molar refractivity (Wildman–Crippen MR) is 121 cm³/mol. The van der Waals surface area contributed by atoms with E-state index >= 15 is 0 Å². The summed E-state index contributed by atoms with van der Waals surface area (Å²) >= 11 is 11.4. The molecule has 0 saturated carbocycles. The van der Waals surface area contributed by atoms with Crippen molar-refractivity contribution in [1.29, 1.82) is 0 Å².